The third-order valence-electron chi connectivity index (χ3n) is 3.84. The number of ether oxygens (including phenoxy) is 2. The van der Waals surface area contributed by atoms with Crippen molar-refractivity contribution in [3.8, 4) is 0 Å². The summed E-state index contributed by atoms with van der Waals surface area (Å²) in [6.07, 6.45) is 3.48. The first-order valence-electron chi connectivity index (χ1n) is 7.11. The number of hydrogen-bond donors (Lipinski definition) is 3. The molecule has 20 heavy (non-hydrogen) atoms. The molecular weight excluding hydrogens is 264 g/mol. The molecule has 0 aromatic heterocycles. The van der Waals surface area contributed by atoms with Crippen LogP contribution in [0.4, 0.5) is 4.79 Å². The predicted octanol–water partition coefficient (Wildman–Crippen LogP) is 0.488. The lowest BCUT2D eigenvalue weighted by atomic mass is 9.82. The maximum Gasteiger partial charge on any atom is 0.329 e. The molecule has 1 saturated carbocycles. The Kier molecular flexibility index (Phi) is 5.19. The Morgan fingerprint density at radius 3 is 2.55 bits per heavy atom. The van der Waals surface area contributed by atoms with Crippen LogP contribution in [0.1, 0.15) is 32.1 Å². The van der Waals surface area contributed by atoms with Gasteiger partial charge in [-0.05, 0) is 12.8 Å². The molecule has 2 fully saturated rings. The second kappa shape index (κ2) is 6.90. The summed E-state index contributed by atoms with van der Waals surface area (Å²) in [6.45, 7) is 1.86. The highest BCUT2D eigenvalue weighted by Gasteiger charge is 2.41. The Balaban J connectivity index is 1.80. The molecule has 1 saturated heterocycles. The molecule has 3 N–H and O–H groups in total. The molecule has 0 spiro atoms. The van der Waals surface area contributed by atoms with Gasteiger partial charge in [-0.25, -0.2) is 9.59 Å². The van der Waals surface area contributed by atoms with E-state index in [1.165, 1.54) is 0 Å². The third kappa shape index (κ3) is 3.83. The average Bonchev–Trinajstić information content (AvgIpc) is 2.47. The fraction of sp³-hybridized carbons (Fsp3) is 0.846. The Labute approximate surface area is 118 Å². The standard InChI is InChI=1S/C13H22N2O5/c16-11(17)13(4-2-1-3-5-13)15-12(18)14-8-10-9-19-6-7-20-10/h10H,1-9H2,(H,16,17)(H2,14,15,18). The largest absolute Gasteiger partial charge is 0.480 e. The van der Waals surface area contributed by atoms with Crippen LogP contribution in [-0.2, 0) is 14.3 Å². The molecule has 1 aliphatic heterocycles. The van der Waals surface area contributed by atoms with E-state index in [2.05, 4.69) is 10.6 Å². The normalized spacial score (nSPS) is 25.7. The van der Waals surface area contributed by atoms with Gasteiger partial charge in [0.25, 0.3) is 0 Å². The van der Waals surface area contributed by atoms with Crippen LogP contribution in [0.3, 0.4) is 0 Å². The van der Waals surface area contributed by atoms with E-state index in [0.717, 1.165) is 19.3 Å². The average molecular weight is 286 g/mol. The number of carbonyl (C=O) groups excluding carboxylic acids is 1. The van der Waals surface area contributed by atoms with E-state index >= 15 is 0 Å². The first-order chi connectivity index (χ1) is 9.62. The van der Waals surface area contributed by atoms with Crippen molar-refractivity contribution in [3.63, 3.8) is 0 Å². The number of carbonyl (C=O) groups is 2. The zero-order valence-electron chi connectivity index (χ0n) is 11.5. The van der Waals surface area contributed by atoms with Crippen molar-refractivity contribution in [1.82, 2.24) is 10.6 Å². The summed E-state index contributed by atoms with van der Waals surface area (Å²) >= 11 is 0. The van der Waals surface area contributed by atoms with Gasteiger partial charge in [0.2, 0.25) is 0 Å². The summed E-state index contributed by atoms with van der Waals surface area (Å²) < 4.78 is 10.6. The molecule has 0 radical (unpaired) electrons. The Morgan fingerprint density at radius 1 is 1.20 bits per heavy atom. The summed E-state index contributed by atoms with van der Waals surface area (Å²) in [7, 11) is 0. The molecule has 7 heteroatoms. The quantitative estimate of drug-likeness (QED) is 0.699. The maximum atomic E-state index is 11.9. The molecule has 7 nitrogen and oxygen atoms in total. The zero-order valence-corrected chi connectivity index (χ0v) is 11.5. The minimum atomic E-state index is -1.12. The van der Waals surface area contributed by atoms with Crippen LogP contribution in [0.25, 0.3) is 0 Å². The molecule has 2 rings (SSSR count). The highest BCUT2D eigenvalue weighted by Crippen LogP contribution is 2.28. The van der Waals surface area contributed by atoms with Crippen LogP contribution < -0.4 is 10.6 Å². The summed E-state index contributed by atoms with van der Waals surface area (Å²) in [5, 5.41) is 14.7. The van der Waals surface area contributed by atoms with Crippen molar-refractivity contribution in [2.75, 3.05) is 26.4 Å². The van der Waals surface area contributed by atoms with Gasteiger partial charge in [-0.1, -0.05) is 19.3 Å². The van der Waals surface area contributed by atoms with Crippen LogP contribution in [-0.4, -0.2) is 55.1 Å². The van der Waals surface area contributed by atoms with Gasteiger partial charge in [-0.2, -0.15) is 0 Å². The van der Waals surface area contributed by atoms with Crippen LogP contribution in [0.15, 0.2) is 0 Å². The monoisotopic (exact) mass is 286 g/mol. The van der Waals surface area contributed by atoms with E-state index in [4.69, 9.17) is 9.47 Å². The Bertz CT molecular complexity index is 349. The number of carboxylic acid groups (broad SMARTS) is 1. The van der Waals surface area contributed by atoms with Gasteiger partial charge in [0, 0.05) is 6.54 Å². The lowest BCUT2D eigenvalue weighted by Gasteiger charge is -2.34. The van der Waals surface area contributed by atoms with Gasteiger partial charge in [0.15, 0.2) is 0 Å². The zero-order chi connectivity index (χ0) is 14.4. The molecule has 114 valence electrons. The summed E-state index contributed by atoms with van der Waals surface area (Å²) in [4.78, 5) is 23.3. The smallest absolute Gasteiger partial charge is 0.329 e. The van der Waals surface area contributed by atoms with Crippen LogP contribution >= 0.6 is 0 Å². The predicted molar refractivity (Wildman–Crippen MR) is 70.5 cm³/mol. The van der Waals surface area contributed by atoms with E-state index in [0.29, 0.717) is 39.2 Å². The van der Waals surface area contributed by atoms with E-state index in [9.17, 15) is 14.7 Å². The highest BCUT2D eigenvalue weighted by atomic mass is 16.6. The first-order valence-corrected chi connectivity index (χ1v) is 7.11. The maximum absolute atomic E-state index is 11.9. The molecule has 1 aliphatic carbocycles. The van der Waals surface area contributed by atoms with E-state index in [1.807, 2.05) is 0 Å². The van der Waals surface area contributed by atoms with Gasteiger partial charge in [-0.3, -0.25) is 0 Å². The molecule has 2 aliphatic rings. The van der Waals surface area contributed by atoms with Crippen molar-refractivity contribution in [1.29, 1.82) is 0 Å². The Morgan fingerprint density at radius 2 is 1.95 bits per heavy atom. The lowest BCUT2D eigenvalue weighted by molar-refractivity contribution is -0.145. The Hall–Kier alpha value is -1.34. The molecule has 1 unspecified atom stereocenters. The van der Waals surface area contributed by atoms with Crippen molar-refractivity contribution in [3.05, 3.63) is 0 Å². The fourth-order valence-electron chi connectivity index (χ4n) is 2.67. The molecular formula is C13H22N2O5. The fourth-order valence-corrected chi connectivity index (χ4v) is 2.67. The van der Waals surface area contributed by atoms with Crippen molar-refractivity contribution in [2.24, 2.45) is 0 Å². The van der Waals surface area contributed by atoms with Crippen LogP contribution in [0.5, 0.6) is 0 Å². The van der Waals surface area contributed by atoms with Gasteiger partial charge in [-0.15, -0.1) is 0 Å². The minimum absolute atomic E-state index is 0.165. The van der Waals surface area contributed by atoms with E-state index in [-0.39, 0.29) is 6.10 Å². The van der Waals surface area contributed by atoms with Crippen LogP contribution in [0, 0.1) is 0 Å². The van der Waals surface area contributed by atoms with Crippen molar-refractivity contribution >= 4 is 12.0 Å². The number of urea groups is 1. The molecule has 0 bridgehead atoms. The van der Waals surface area contributed by atoms with E-state index in [1.54, 1.807) is 0 Å². The van der Waals surface area contributed by atoms with Gasteiger partial charge in [0.05, 0.1) is 25.9 Å². The van der Waals surface area contributed by atoms with Gasteiger partial charge in [0.1, 0.15) is 5.54 Å². The van der Waals surface area contributed by atoms with Gasteiger partial charge < -0.3 is 25.2 Å². The van der Waals surface area contributed by atoms with Crippen molar-refractivity contribution < 1.29 is 24.2 Å². The number of aliphatic carboxylic acids is 1. The summed E-state index contributed by atoms with van der Waals surface area (Å²) in [5.74, 6) is -0.954. The second-order valence-corrected chi connectivity index (χ2v) is 5.35. The molecule has 2 amide bonds. The lowest BCUT2D eigenvalue weighted by Crippen LogP contribution is -2.58. The summed E-state index contributed by atoms with van der Waals surface area (Å²) in [6, 6.07) is -0.455. The molecule has 1 heterocycles. The third-order valence-corrected chi connectivity index (χ3v) is 3.84. The second-order valence-electron chi connectivity index (χ2n) is 5.35. The number of rotatable bonds is 4. The minimum Gasteiger partial charge on any atom is -0.480 e. The number of nitrogens with one attached hydrogen (secondary N) is 2. The number of carboxylic acids is 1. The SMILES string of the molecule is O=C(NCC1COCCO1)NC1(C(=O)O)CCCCC1. The summed E-state index contributed by atoms with van der Waals surface area (Å²) in [5.41, 5.74) is -1.12. The topological polar surface area (TPSA) is 96.9 Å². The van der Waals surface area contributed by atoms with E-state index < -0.39 is 17.5 Å². The molecule has 1 atom stereocenters. The van der Waals surface area contributed by atoms with Crippen molar-refractivity contribution in [2.45, 2.75) is 43.7 Å². The highest BCUT2D eigenvalue weighted by molar-refractivity contribution is 5.86. The van der Waals surface area contributed by atoms with Gasteiger partial charge >= 0.3 is 12.0 Å². The van der Waals surface area contributed by atoms with Crippen LogP contribution in [0.2, 0.25) is 0 Å². The number of amides is 2. The molecule has 0 aromatic rings. The number of hydrogen-bond acceptors (Lipinski definition) is 4. The first kappa shape index (κ1) is 15.1. The molecule has 0 aromatic carbocycles.